The summed E-state index contributed by atoms with van der Waals surface area (Å²) >= 11 is 1.22. The maximum atomic E-state index is 10.9. The molecule has 0 saturated carbocycles. The van der Waals surface area contributed by atoms with Crippen LogP contribution in [0.4, 0.5) is 0 Å². The first-order valence-corrected chi connectivity index (χ1v) is 6.77. The molecule has 0 aliphatic rings. The van der Waals surface area contributed by atoms with Gasteiger partial charge in [-0.1, -0.05) is 18.2 Å². The smallest absolute Gasteiger partial charge is 0.347 e. The number of ether oxygens (including phenoxy) is 1. The molecule has 4 nitrogen and oxygen atoms in total. The van der Waals surface area contributed by atoms with E-state index in [1.165, 1.54) is 11.3 Å². The molecule has 0 bridgehead atoms. The zero-order valence-corrected chi connectivity index (χ0v) is 11.7. The van der Waals surface area contributed by atoms with Crippen molar-refractivity contribution in [3.8, 4) is 5.75 Å². The summed E-state index contributed by atoms with van der Waals surface area (Å²) in [6, 6.07) is 7.81. The van der Waals surface area contributed by atoms with Gasteiger partial charge in [-0.05, 0) is 25.5 Å². The lowest BCUT2D eigenvalue weighted by Gasteiger charge is -2.07. The van der Waals surface area contributed by atoms with Gasteiger partial charge < -0.3 is 9.84 Å². The molecular formula is C14H15NO3S. The summed E-state index contributed by atoms with van der Waals surface area (Å²) < 4.78 is 5.67. The first-order chi connectivity index (χ1) is 9.08. The van der Waals surface area contributed by atoms with Gasteiger partial charge in [-0.25, -0.2) is 9.78 Å². The third-order valence-corrected chi connectivity index (χ3v) is 3.91. The lowest BCUT2D eigenvalue weighted by molar-refractivity contribution is 0.0701. The molecule has 1 heterocycles. The highest BCUT2D eigenvalue weighted by Crippen LogP contribution is 2.20. The predicted octanol–water partition coefficient (Wildman–Crippen LogP) is 3.08. The largest absolute Gasteiger partial charge is 0.493 e. The van der Waals surface area contributed by atoms with Gasteiger partial charge in [-0.2, -0.15) is 0 Å². The maximum absolute atomic E-state index is 10.9. The van der Waals surface area contributed by atoms with E-state index in [0.29, 0.717) is 23.6 Å². The Morgan fingerprint density at radius 1 is 1.37 bits per heavy atom. The number of rotatable bonds is 5. The SMILES string of the molecule is Cc1ccccc1OCCc1nc(C)c(C(=O)O)s1. The Hall–Kier alpha value is -1.88. The average Bonchev–Trinajstić information content (AvgIpc) is 2.73. The molecule has 1 N–H and O–H groups in total. The Balaban J connectivity index is 1.95. The van der Waals surface area contributed by atoms with Crippen LogP contribution in [0, 0.1) is 13.8 Å². The van der Waals surface area contributed by atoms with Gasteiger partial charge in [0.25, 0.3) is 0 Å². The monoisotopic (exact) mass is 277 g/mol. The lowest BCUT2D eigenvalue weighted by atomic mass is 10.2. The van der Waals surface area contributed by atoms with Crippen molar-refractivity contribution in [1.29, 1.82) is 0 Å². The molecule has 2 aromatic rings. The van der Waals surface area contributed by atoms with E-state index in [4.69, 9.17) is 9.84 Å². The van der Waals surface area contributed by atoms with Crippen LogP contribution in [0.2, 0.25) is 0 Å². The van der Waals surface area contributed by atoms with Crippen molar-refractivity contribution in [3.05, 3.63) is 45.4 Å². The summed E-state index contributed by atoms with van der Waals surface area (Å²) in [6.07, 6.45) is 0.618. The molecule has 100 valence electrons. The zero-order chi connectivity index (χ0) is 13.8. The van der Waals surface area contributed by atoms with Crippen LogP contribution < -0.4 is 4.74 Å². The Morgan fingerprint density at radius 3 is 2.74 bits per heavy atom. The third-order valence-electron chi connectivity index (χ3n) is 2.70. The van der Waals surface area contributed by atoms with Crippen LogP contribution in [0.3, 0.4) is 0 Å². The van der Waals surface area contributed by atoms with Crippen LogP contribution in [0.15, 0.2) is 24.3 Å². The number of para-hydroxylation sites is 1. The van der Waals surface area contributed by atoms with E-state index in [-0.39, 0.29) is 0 Å². The zero-order valence-electron chi connectivity index (χ0n) is 10.8. The summed E-state index contributed by atoms with van der Waals surface area (Å²) in [5, 5.41) is 9.75. The highest BCUT2D eigenvalue weighted by molar-refractivity contribution is 7.13. The molecule has 1 aromatic heterocycles. The van der Waals surface area contributed by atoms with Gasteiger partial charge >= 0.3 is 5.97 Å². The number of carboxylic acids is 1. The highest BCUT2D eigenvalue weighted by atomic mass is 32.1. The molecule has 19 heavy (non-hydrogen) atoms. The van der Waals surface area contributed by atoms with E-state index >= 15 is 0 Å². The summed E-state index contributed by atoms with van der Waals surface area (Å²) in [5.74, 6) is -0.0599. The second-order valence-electron chi connectivity index (χ2n) is 4.19. The molecule has 0 atom stereocenters. The standard InChI is InChI=1S/C14H15NO3S/c1-9-5-3-4-6-11(9)18-8-7-12-15-10(2)13(19-12)14(16)17/h3-6H,7-8H2,1-2H3,(H,16,17). The minimum Gasteiger partial charge on any atom is -0.493 e. The fourth-order valence-corrected chi connectivity index (χ4v) is 2.61. The normalized spacial score (nSPS) is 10.4. The molecule has 2 rings (SSSR count). The molecular weight excluding hydrogens is 262 g/mol. The van der Waals surface area contributed by atoms with E-state index in [0.717, 1.165) is 16.3 Å². The molecule has 0 fully saturated rings. The quantitative estimate of drug-likeness (QED) is 0.912. The Morgan fingerprint density at radius 2 is 2.11 bits per heavy atom. The van der Waals surface area contributed by atoms with E-state index in [1.807, 2.05) is 31.2 Å². The topological polar surface area (TPSA) is 59.4 Å². The van der Waals surface area contributed by atoms with Crippen LogP contribution >= 0.6 is 11.3 Å². The Labute approximate surface area is 115 Å². The molecule has 0 aliphatic carbocycles. The van der Waals surface area contributed by atoms with Crippen molar-refractivity contribution in [2.24, 2.45) is 0 Å². The number of benzene rings is 1. The fourth-order valence-electron chi connectivity index (χ4n) is 1.72. The number of nitrogens with zero attached hydrogens (tertiary/aromatic N) is 1. The third kappa shape index (κ3) is 3.32. The minimum absolute atomic E-state index is 0.311. The summed E-state index contributed by atoms with van der Waals surface area (Å²) in [6.45, 7) is 4.20. The second kappa shape index (κ2) is 5.84. The number of carboxylic acid groups (broad SMARTS) is 1. The first kappa shape index (κ1) is 13.5. The van der Waals surface area contributed by atoms with Crippen LogP contribution in [0.25, 0.3) is 0 Å². The molecule has 5 heteroatoms. The van der Waals surface area contributed by atoms with E-state index in [9.17, 15) is 4.79 Å². The number of aromatic carboxylic acids is 1. The summed E-state index contributed by atoms with van der Waals surface area (Å²) in [4.78, 5) is 15.5. The number of carbonyl (C=O) groups is 1. The number of hydrogen-bond acceptors (Lipinski definition) is 4. The van der Waals surface area contributed by atoms with Gasteiger partial charge in [-0.15, -0.1) is 11.3 Å². The molecule has 0 spiro atoms. The molecule has 0 saturated heterocycles. The van der Waals surface area contributed by atoms with Crippen LogP contribution in [-0.2, 0) is 6.42 Å². The van der Waals surface area contributed by atoms with Gasteiger partial charge in [-0.3, -0.25) is 0 Å². The number of aryl methyl sites for hydroxylation is 2. The van der Waals surface area contributed by atoms with Crippen LogP contribution in [-0.4, -0.2) is 22.7 Å². The number of thiazole rings is 1. The molecule has 0 radical (unpaired) electrons. The molecule has 0 unspecified atom stereocenters. The van der Waals surface area contributed by atoms with Crippen molar-refractivity contribution in [2.75, 3.05) is 6.61 Å². The minimum atomic E-state index is -0.916. The predicted molar refractivity (Wildman–Crippen MR) is 74.2 cm³/mol. The Kier molecular flexibility index (Phi) is 4.16. The van der Waals surface area contributed by atoms with E-state index < -0.39 is 5.97 Å². The van der Waals surface area contributed by atoms with Crippen molar-refractivity contribution in [3.63, 3.8) is 0 Å². The first-order valence-electron chi connectivity index (χ1n) is 5.96. The van der Waals surface area contributed by atoms with Crippen LogP contribution in [0.5, 0.6) is 5.75 Å². The molecule has 1 aromatic carbocycles. The van der Waals surface area contributed by atoms with E-state index in [1.54, 1.807) is 6.92 Å². The summed E-state index contributed by atoms with van der Waals surface area (Å²) in [5.41, 5.74) is 1.66. The van der Waals surface area contributed by atoms with Crippen molar-refractivity contribution < 1.29 is 14.6 Å². The van der Waals surface area contributed by atoms with Gasteiger partial charge in [0.15, 0.2) is 0 Å². The summed E-state index contributed by atoms with van der Waals surface area (Å²) in [7, 11) is 0. The Bertz CT molecular complexity index is 592. The second-order valence-corrected chi connectivity index (χ2v) is 5.27. The number of aromatic nitrogens is 1. The molecule has 0 amide bonds. The van der Waals surface area contributed by atoms with Crippen molar-refractivity contribution >= 4 is 17.3 Å². The lowest BCUT2D eigenvalue weighted by Crippen LogP contribution is -2.02. The highest BCUT2D eigenvalue weighted by Gasteiger charge is 2.13. The van der Waals surface area contributed by atoms with Gasteiger partial charge in [0.05, 0.1) is 17.3 Å². The van der Waals surface area contributed by atoms with Crippen molar-refractivity contribution in [1.82, 2.24) is 4.98 Å². The van der Waals surface area contributed by atoms with Crippen LogP contribution in [0.1, 0.15) is 25.9 Å². The van der Waals surface area contributed by atoms with E-state index in [2.05, 4.69) is 4.98 Å². The average molecular weight is 277 g/mol. The number of hydrogen-bond donors (Lipinski definition) is 1. The van der Waals surface area contributed by atoms with Gasteiger partial charge in [0, 0.05) is 6.42 Å². The van der Waals surface area contributed by atoms with Gasteiger partial charge in [0.2, 0.25) is 0 Å². The van der Waals surface area contributed by atoms with Gasteiger partial charge in [0.1, 0.15) is 10.6 Å². The van der Waals surface area contributed by atoms with Crippen molar-refractivity contribution in [2.45, 2.75) is 20.3 Å². The molecule has 0 aliphatic heterocycles. The maximum Gasteiger partial charge on any atom is 0.347 e. The fraction of sp³-hybridized carbons (Fsp3) is 0.286.